The number of halogens is 2. The second-order valence-electron chi connectivity index (χ2n) is 3.32. The number of benzene rings is 1. The van der Waals surface area contributed by atoms with Crippen molar-refractivity contribution >= 4 is 11.6 Å². The molecule has 1 aromatic heterocycles. The quantitative estimate of drug-likeness (QED) is 0.830. The van der Waals surface area contributed by atoms with E-state index in [1.54, 1.807) is 24.3 Å². The van der Waals surface area contributed by atoms with Crippen molar-refractivity contribution in [3.05, 3.63) is 51.2 Å². The van der Waals surface area contributed by atoms with E-state index in [1.807, 2.05) is 0 Å². The highest BCUT2D eigenvalue weighted by Crippen LogP contribution is 2.17. The Labute approximate surface area is 95.9 Å². The summed E-state index contributed by atoms with van der Waals surface area (Å²) in [6, 6.07) is 6.76. The zero-order valence-electron chi connectivity index (χ0n) is 8.42. The number of hydrogen-bond acceptors (Lipinski definition) is 2. The van der Waals surface area contributed by atoms with Crippen LogP contribution in [-0.2, 0) is 0 Å². The van der Waals surface area contributed by atoms with E-state index >= 15 is 0 Å². The van der Waals surface area contributed by atoms with Gasteiger partial charge in [-0.2, -0.15) is 4.39 Å². The first-order valence-corrected chi connectivity index (χ1v) is 4.98. The molecule has 0 radical (unpaired) electrons. The second-order valence-corrected chi connectivity index (χ2v) is 3.76. The van der Waals surface area contributed by atoms with Crippen LogP contribution in [0.4, 0.5) is 4.39 Å². The van der Waals surface area contributed by atoms with E-state index in [9.17, 15) is 9.18 Å². The Morgan fingerprint density at radius 1 is 1.31 bits per heavy atom. The third-order valence-electron chi connectivity index (χ3n) is 2.15. The first-order chi connectivity index (χ1) is 7.58. The van der Waals surface area contributed by atoms with E-state index in [1.165, 1.54) is 6.92 Å². The molecular formula is C11H8ClFN2O. The minimum Gasteiger partial charge on any atom is -0.304 e. The number of nitrogens with one attached hydrogen (secondary N) is 1. The average molecular weight is 239 g/mol. The van der Waals surface area contributed by atoms with Crippen molar-refractivity contribution in [3.63, 3.8) is 0 Å². The number of nitrogens with zero attached hydrogens (tertiary/aromatic N) is 1. The predicted octanol–water partition coefficient (Wildman–Crippen LogP) is 2.54. The number of aromatic nitrogens is 2. The van der Waals surface area contributed by atoms with Gasteiger partial charge in [-0.1, -0.05) is 11.6 Å². The molecule has 0 saturated heterocycles. The molecule has 1 heterocycles. The van der Waals surface area contributed by atoms with E-state index in [0.29, 0.717) is 16.4 Å². The monoisotopic (exact) mass is 238 g/mol. The summed E-state index contributed by atoms with van der Waals surface area (Å²) in [6.45, 7) is 1.45. The lowest BCUT2D eigenvalue weighted by atomic mass is 10.2. The summed E-state index contributed by atoms with van der Waals surface area (Å²) in [5.74, 6) is -0.515. The van der Waals surface area contributed by atoms with Crippen molar-refractivity contribution < 1.29 is 4.39 Å². The fourth-order valence-electron chi connectivity index (χ4n) is 1.32. The molecule has 0 unspecified atom stereocenters. The van der Waals surface area contributed by atoms with Gasteiger partial charge in [0.25, 0.3) is 5.56 Å². The molecule has 0 aliphatic carbocycles. The molecule has 0 spiro atoms. The molecule has 2 rings (SSSR count). The van der Waals surface area contributed by atoms with Crippen LogP contribution in [0.5, 0.6) is 0 Å². The molecule has 82 valence electrons. The standard InChI is InChI=1S/C11H8ClFN2O/c1-6-9(13)11(16)15-10(14-6)7-2-4-8(12)5-3-7/h2-5H,1H3,(H,14,15,16). The summed E-state index contributed by atoms with van der Waals surface area (Å²) < 4.78 is 13.1. The Bertz CT molecular complexity index is 578. The van der Waals surface area contributed by atoms with Crippen LogP contribution in [0.2, 0.25) is 5.02 Å². The fraction of sp³-hybridized carbons (Fsp3) is 0.0909. The van der Waals surface area contributed by atoms with E-state index in [0.717, 1.165) is 0 Å². The molecule has 0 bridgehead atoms. The molecule has 0 fully saturated rings. The smallest absolute Gasteiger partial charge is 0.287 e. The van der Waals surface area contributed by atoms with Crippen molar-refractivity contribution in [3.8, 4) is 11.4 Å². The summed E-state index contributed by atoms with van der Waals surface area (Å²) in [4.78, 5) is 17.5. The lowest BCUT2D eigenvalue weighted by molar-refractivity contribution is 0.589. The van der Waals surface area contributed by atoms with Crippen molar-refractivity contribution in [1.82, 2.24) is 9.97 Å². The Kier molecular flexibility index (Phi) is 2.75. The molecule has 16 heavy (non-hydrogen) atoms. The molecule has 5 heteroatoms. The average Bonchev–Trinajstić information content (AvgIpc) is 2.26. The van der Waals surface area contributed by atoms with Crippen LogP contribution in [0.3, 0.4) is 0 Å². The Balaban J connectivity index is 2.57. The maximum atomic E-state index is 13.1. The van der Waals surface area contributed by atoms with Gasteiger partial charge in [0.05, 0.1) is 5.69 Å². The highest BCUT2D eigenvalue weighted by molar-refractivity contribution is 6.30. The second kappa shape index (κ2) is 4.06. The van der Waals surface area contributed by atoms with Crippen LogP contribution >= 0.6 is 11.6 Å². The Morgan fingerprint density at radius 3 is 2.50 bits per heavy atom. The lowest BCUT2D eigenvalue weighted by Crippen LogP contribution is -2.15. The summed E-state index contributed by atoms with van der Waals surface area (Å²) in [5.41, 5.74) is -0.00394. The SMILES string of the molecule is Cc1nc(-c2ccc(Cl)cc2)[nH]c(=O)c1F. The molecule has 0 atom stereocenters. The van der Waals surface area contributed by atoms with Gasteiger partial charge < -0.3 is 4.98 Å². The molecule has 0 aliphatic heterocycles. The highest BCUT2D eigenvalue weighted by Gasteiger charge is 2.08. The summed E-state index contributed by atoms with van der Waals surface area (Å²) in [5, 5.41) is 0.588. The number of aromatic amines is 1. The van der Waals surface area contributed by atoms with Gasteiger partial charge in [0.2, 0.25) is 5.82 Å². The van der Waals surface area contributed by atoms with Gasteiger partial charge in [-0.3, -0.25) is 4.79 Å². The fourth-order valence-corrected chi connectivity index (χ4v) is 1.44. The molecule has 1 aromatic carbocycles. The van der Waals surface area contributed by atoms with E-state index < -0.39 is 11.4 Å². The van der Waals surface area contributed by atoms with Crippen LogP contribution in [0.1, 0.15) is 5.69 Å². The van der Waals surface area contributed by atoms with Crippen molar-refractivity contribution in [2.75, 3.05) is 0 Å². The third kappa shape index (κ3) is 1.97. The van der Waals surface area contributed by atoms with Gasteiger partial charge in [0, 0.05) is 10.6 Å². The molecule has 2 aromatic rings. The van der Waals surface area contributed by atoms with Crippen LogP contribution in [0.25, 0.3) is 11.4 Å². The van der Waals surface area contributed by atoms with E-state index in [-0.39, 0.29) is 5.69 Å². The summed E-state index contributed by atoms with van der Waals surface area (Å²) >= 11 is 5.73. The summed E-state index contributed by atoms with van der Waals surface area (Å²) in [7, 11) is 0. The van der Waals surface area contributed by atoms with Crippen molar-refractivity contribution in [2.24, 2.45) is 0 Å². The number of hydrogen-bond donors (Lipinski definition) is 1. The first kappa shape index (κ1) is 10.8. The van der Waals surface area contributed by atoms with Gasteiger partial charge in [-0.15, -0.1) is 0 Å². The highest BCUT2D eigenvalue weighted by atomic mass is 35.5. The number of H-pyrrole nitrogens is 1. The van der Waals surface area contributed by atoms with Crippen LogP contribution < -0.4 is 5.56 Å². The zero-order chi connectivity index (χ0) is 11.7. The maximum absolute atomic E-state index is 13.1. The van der Waals surface area contributed by atoms with Crippen LogP contribution in [0.15, 0.2) is 29.1 Å². The maximum Gasteiger partial charge on any atom is 0.287 e. The van der Waals surface area contributed by atoms with Crippen LogP contribution in [-0.4, -0.2) is 9.97 Å². The van der Waals surface area contributed by atoms with Gasteiger partial charge in [-0.25, -0.2) is 4.98 Å². The lowest BCUT2D eigenvalue weighted by Gasteiger charge is -2.02. The molecule has 0 amide bonds. The molecule has 3 nitrogen and oxygen atoms in total. The largest absolute Gasteiger partial charge is 0.304 e. The summed E-state index contributed by atoms with van der Waals surface area (Å²) in [6.07, 6.45) is 0. The molecule has 1 N–H and O–H groups in total. The van der Waals surface area contributed by atoms with Crippen molar-refractivity contribution in [2.45, 2.75) is 6.92 Å². The molecule has 0 saturated carbocycles. The number of aryl methyl sites for hydroxylation is 1. The zero-order valence-corrected chi connectivity index (χ0v) is 9.18. The molecule has 0 aliphatic rings. The number of rotatable bonds is 1. The topological polar surface area (TPSA) is 45.8 Å². The van der Waals surface area contributed by atoms with Crippen LogP contribution in [0, 0.1) is 12.7 Å². The molecular weight excluding hydrogens is 231 g/mol. The van der Waals surface area contributed by atoms with Gasteiger partial charge in [0.15, 0.2) is 0 Å². The van der Waals surface area contributed by atoms with E-state index in [2.05, 4.69) is 9.97 Å². The van der Waals surface area contributed by atoms with Gasteiger partial charge in [-0.05, 0) is 31.2 Å². The van der Waals surface area contributed by atoms with Gasteiger partial charge in [0.1, 0.15) is 5.82 Å². The minimum absolute atomic E-state index is 0.0775. The van der Waals surface area contributed by atoms with E-state index in [4.69, 9.17) is 11.6 Å². The first-order valence-electron chi connectivity index (χ1n) is 4.60. The Morgan fingerprint density at radius 2 is 1.94 bits per heavy atom. The third-order valence-corrected chi connectivity index (χ3v) is 2.40. The predicted molar refractivity (Wildman–Crippen MR) is 60.0 cm³/mol. The van der Waals surface area contributed by atoms with Crippen molar-refractivity contribution in [1.29, 1.82) is 0 Å². The Hall–Kier alpha value is -1.68. The normalized spacial score (nSPS) is 10.4. The minimum atomic E-state index is -0.849. The van der Waals surface area contributed by atoms with Gasteiger partial charge >= 0.3 is 0 Å².